The molecule has 0 saturated carbocycles. The number of nitrogens with one attached hydrogen (secondary N) is 1. The number of carboxylic acid groups (broad SMARTS) is 1. The Balaban J connectivity index is 1.30. The van der Waals surface area contributed by atoms with Gasteiger partial charge in [-0.05, 0) is 28.9 Å². The van der Waals surface area contributed by atoms with Gasteiger partial charge in [-0.15, -0.1) is 0 Å². The van der Waals surface area contributed by atoms with Crippen molar-refractivity contribution in [3.63, 3.8) is 0 Å². The molecule has 3 heterocycles. The molecule has 5 rings (SSSR count). The van der Waals surface area contributed by atoms with Gasteiger partial charge in [0, 0.05) is 56.9 Å². The van der Waals surface area contributed by atoms with Crippen LogP contribution in [0.25, 0.3) is 11.0 Å². The van der Waals surface area contributed by atoms with Crippen LogP contribution in [0, 0.1) is 0 Å². The molecule has 1 atom stereocenters. The van der Waals surface area contributed by atoms with Gasteiger partial charge in [0.1, 0.15) is 17.1 Å². The van der Waals surface area contributed by atoms with Crippen LogP contribution >= 0.6 is 0 Å². The van der Waals surface area contributed by atoms with Crippen LogP contribution in [0.15, 0.2) is 64.4 Å². The Labute approximate surface area is 213 Å². The van der Waals surface area contributed by atoms with Crippen molar-refractivity contribution in [3.05, 3.63) is 70.9 Å². The van der Waals surface area contributed by atoms with Crippen LogP contribution in [0.1, 0.15) is 30.5 Å². The summed E-state index contributed by atoms with van der Waals surface area (Å²) in [5.74, 6) is -1.70. The molecule has 0 bridgehead atoms. The molecule has 3 aromatic rings. The Hall–Kier alpha value is -4.09. The van der Waals surface area contributed by atoms with E-state index in [0.717, 1.165) is 37.6 Å². The molecule has 0 spiro atoms. The zero-order valence-electron chi connectivity index (χ0n) is 20.5. The van der Waals surface area contributed by atoms with Crippen LogP contribution in [0.5, 0.6) is 0 Å². The summed E-state index contributed by atoms with van der Waals surface area (Å²) in [5.41, 5.74) is 2.43. The molecule has 1 saturated heterocycles. The number of allylic oxidation sites excluding steroid dienone is 1. The second-order valence-electron chi connectivity index (χ2n) is 9.27. The number of nitrogens with zero attached hydrogens (tertiary/aromatic N) is 5. The number of rotatable bonds is 7. The summed E-state index contributed by atoms with van der Waals surface area (Å²) in [4.78, 5) is 44.3. The first-order valence-electron chi connectivity index (χ1n) is 12.2. The fraction of sp³-hybridized carbons (Fsp3) is 0.346. The normalized spacial score (nSPS) is 19.3. The van der Waals surface area contributed by atoms with E-state index in [0.29, 0.717) is 23.1 Å². The lowest BCUT2D eigenvalue weighted by molar-refractivity contribution is -0.135. The number of aliphatic carboxylic acids is 1. The number of piperazine rings is 1. The molecule has 3 amide bonds. The largest absolute Gasteiger partial charge is 0.478 e. The SMILES string of the molecule is CC1=C(C(=O)O)C(c2cccc3nonc23)N(C(=O)CCN2CCN(Cc3ccccc3)CC2)C(=O)N1. The van der Waals surface area contributed by atoms with Gasteiger partial charge in [0.15, 0.2) is 0 Å². The van der Waals surface area contributed by atoms with E-state index in [1.54, 1.807) is 18.2 Å². The van der Waals surface area contributed by atoms with Crippen molar-refractivity contribution in [3.8, 4) is 0 Å². The van der Waals surface area contributed by atoms with Gasteiger partial charge in [-0.3, -0.25) is 14.6 Å². The molecular formula is C26H28N6O5. The molecule has 37 heavy (non-hydrogen) atoms. The molecular weight excluding hydrogens is 476 g/mol. The Kier molecular flexibility index (Phi) is 6.97. The predicted molar refractivity (Wildman–Crippen MR) is 133 cm³/mol. The fourth-order valence-corrected chi connectivity index (χ4v) is 5.00. The van der Waals surface area contributed by atoms with Gasteiger partial charge < -0.3 is 15.3 Å². The topological polar surface area (TPSA) is 132 Å². The molecule has 11 heteroatoms. The number of carbonyl (C=O) groups is 3. The molecule has 2 N–H and O–H groups in total. The van der Waals surface area contributed by atoms with Gasteiger partial charge in [0.25, 0.3) is 0 Å². The van der Waals surface area contributed by atoms with Crippen molar-refractivity contribution in [2.24, 2.45) is 0 Å². The molecule has 11 nitrogen and oxygen atoms in total. The summed E-state index contributed by atoms with van der Waals surface area (Å²) >= 11 is 0. The molecule has 0 aliphatic carbocycles. The van der Waals surface area contributed by atoms with Crippen LogP contribution in [0.4, 0.5) is 4.79 Å². The van der Waals surface area contributed by atoms with Crippen molar-refractivity contribution in [2.75, 3.05) is 32.7 Å². The molecule has 1 aromatic heterocycles. The van der Waals surface area contributed by atoms with Crippen molar-refractivity contribution in [1.29, 1.82) is 0 Å². The Morgan fingerprint density at radius 1 is 1.03 bits per heavy atom. The lowest BCUT2D eigenvalue weighted by atomic mass is 9.92. The third-order valence-electron chi connectivity index (χ3n) is 6.92. The van der Waals surface area contributed by atoms with Crippen molar-refractivity contribution >= 4 is 28.9 Å². The van der Waals surface area contributed by atoms with E-state index in [4.69, 9.17) is 4.63 Å². The number of benzene rings is 2. The van der Waals surface area contributed by atoms with Gasteiger partial charge in [-0.2, -0.15) is 0 Å². The summed E-state index contributed by atoms with van der Waals surface area (Å²) < 4.78 is 4.84. The van der Waals surface area contributed by atoms with Crippen LogP contribution in [-0.2, 0) is 16.1 Å². The van der Waals surface area contributed by atoms with Gasteiger partial charge >= 0.3 is 12.0 Å². The number of hydrogen-bond donors (Lipinski definition) is 2. The third kappa shape index (κ3) is 5.09. The number of imide groups is 1. The maximum Gasteiger partial charge on any atom is 0.335 e. The summed E-state index contributed by atoms with van der Waals surface area (Å²) in [6.07, 6.45) is 0.0710. The maximum absolute atomic E-state index is 13.4. The highest BCUT2D eigenvalue weighted by Crippen LogP contribution is 2.37. The number of fused-ring (bicyclic) bond motifs is 1. The zero-order valence-corrected chi connectivity index (χ0v) is 20.5. The lowest BCUT2D eigenvalue weighted by Crippen LogP contribution is -2.52. The maximum atomic E-state index is 13.4. The van der Waals surface area contributed by atoms with Crippen molar-refractivity contribution in [1.82, 2.24) is 30.3 Å². The van der Waals surface area contributed by atoms with E-state index in [-0.39, 0.29) is 17.7 Å². The van der Waals surface area contributed by atoms with Gasteiger partial charge in [-0.1, -0.05) is 42.5 Å². The fourth-order valence-electron chi connectivity index (χ4n) is 5.00. The summed E-state index contributed by atoms with van der Waals surface area (Å²) in [7, 11) is 0. The number of carboxylic acids is 1. The smallest absolute Gasteiger partial charge is 0.335 e. The molecule has 1 unspecified atom stereocenters. The monoisotopic (exact) mass is 504 g/mol. The highest BCUT2D eigenvalue weighted by Gasteiger charge is 2.42. The van der Waals surface area contributed by atoms with E-state index < -0.39 is 23.9 Å². The predicted octanol–water partition coefficient (Wildman–Crippen LogP) is 2.38. The molecule has 192 valence electrons. The minimum absolute atomic E-state index is 0.0710. The molecule has 1 fully saturated rings. The summed E-state index contributed by atoms with van der Waals surface area (Å²) in [5, 5.41) is 20.3. The first kappa shape index (κ1) is 24.6. The summed E-state index contributed by atoms with van der Waals surface area (Å²) in [6, 6.07) is 13.4. The highest BCUT2D eigenvalue weighted by molar-refractivity contribution is 6.02. The third-order valence-corrected chi connectivity index (χ3v) is 6.92. The molecule has 0 radical (unpaired) electrons. The van der Waals surface area contributed by atoms with E-state index in [2.05, 4.69) is 37.6 Å². The first-order chi connectivity index (χ1) is 17.9. The number of urea groups is 1. The minimum Gasteiger partial charge on any atom is -0.478 e. The average Bonchev–Trinajstić information content (AvgIpc) is 3.37. The van der Waals surface area contributed by atoms with Gasteiger partial charge in [-0.25, -0.2) is 14.2 Å². The molecule has 2 aliphatic heterocycles. The van der Waals surface area contributed by atoms with Gasteiger partial charge in [0.2, 0.25) is 5.91 Å². The molecule has 2 aromatic carbocycles. The van der Waals surface area contributed by atoms with Crippen LogP contribution in [-0.4, -0.2) is 80.8 Å². The average molecular weight is 505 g/mol. The van der Waals surface area contributed by atoms with E-state index in [9.17, 15) is 19.5 Å². The first-order valence-corrected chi connectivity index (χ1v) is 12.2. The second kappa shape index (κ2) is 10.5. The van der Waals surface area contributed by atoms with E-state index in [1.165, 1.54) is 12.5 Å². The standard InChI is InChI=1S/C26H28N6O5/c1-17-22(25(34)35)24(19-8-5-9-20-23(19)29-37-28-20)32(26(36)27-17)21(33)10-11-30-12-14-31(15-13-30)16-18-6-3-2-4-7-18/h2-9,24H,10-16H2,1H3,(H,27,36)(H,34,35). The number of carbonyl (C=O) groups excluding carboxylic acids is 2. The Morgan fingerprint density at radius 2 is 1.76 bits per heavy atom. The molecule has 2 aliphatic rings. The van der Waals surface area contributed by atoms with Crippen molar-refractivity contribution < 1.29 is 24.1 Å². The number of amides is 3. The Bertz CT molecular complexity index is 1350. The van der Waals surface area contributed by atoms with Crippen LogP contribution < -0.4 is 5.32 Å². The van der Waals surface area contributed by atoms with Gasteiger partial charge in [0.05, 0.1) is 5.57 Å². The van der Waals surface area contributed by atoms with Crippen molar-refractivity contribution in [2.45, 2.75) is 25.9 Å². The van der Waals surface area contributed by atoms with E-state index >= 15 is 0 Å². The van der Waals surface area contributed by atoms with E-state index in [1.807, 2.05) is 18.2 Å². The second-order valence-corrected chi connectivity index (χ2v) is 9.27. The lowest BCUT2D eigenvalue weighted by Gasteiger charge is -2.37. The Morgan fingerprint density at radius 3 is 2.49 bits per heavy atom. The van der Waals surface area contributed by atoms with Crippen LogP contribution in [0.2, 0.25) is 0 Å². The van der Waals surface area contributed by atoms with Crippen LogP contribution in [0.3, 0.4) is 0 Å². The number of hydrogen-bond acceptors (Lipinski definition) is 8. The quantitative estimate of drug-likeness (QED) is 0.498. The summed E-state index contributed by atoms with van der Waals surface area (Å²) in [6.45, 7) is 6.22. The minimum atomic E-state index is -1.23. The highest BCUT2D eigenvalue weighted by atomic mass is 16.6. The number of aromatic nitrogens is 2. The zero-order chi connectivity index (χ0) is 25.9.